The Morgan fingerprint density at radius 2 is 1.84 bits per heavy atom. The number of hydrogen-bond donors (Lipinski definition) is 0. The molecule has 0 radical (unpaired) electrons. The van der Waals surface area contributed by atoms with E-state index in [9.17, 15) is 13.0 Å². The van der Waals surface area contributed by atoms with Gasteiger partial charge in [0.1, 0.15) is 6.10 Å². The molecule has 0 aromatic carbocycles. The summed E-state index contributed by atoms with van der Waals surface area (Å²) in [5, 5.41) is 0. The zero-order valence-electron chi connectivity index (χ0n) is 11.5. The van der Waals surface area contributed by atoms with Gasteiger partial charge in [-0.25, -0.2) is 0 Å². The summed E-state index contributed by atoms with van der Waals surface area (Å²) in [6.07, 6.45) is -0.0353. The van der Waals surface area contributed by atoms with Gasteiger partial charge in [0.05, 0.1) is 12.9 Å². The first-order chi connectivity index (χ1) is 8.53. The van der Waals surface area contributed by atoms with Gasteiger partial charge in [-0.05, 0) is 13.8 Å². The summed E-state index contributed by atoms with van der Waals surface area (Å²) in [5.74, 6) is -2.34. The number of ether oxygens (including phenoxy) is 2. The van der Waals surface area contributed by atoms with Gasteiger partial charge < -0.3 is 18.5 Å². The van der Waals surface area contributed by atoms with Crippen LogP contribution in [0.3, 0.4) is 0 Å². The molecule has 0 amide bonds. The Labute approximate surface area is 113 Å². The average Bonchev–Trinajstić information content (AvgIpc) is 2.64. The van der Waals surface area contributed by atoms with Gasteiger partial charge in [-0.2, -0.15) is 8.42 Å². The summed E-state index contributed by atoms with van der Waals surface area (Å²) >= 11 is 0. The van der Waals surface area contributed by atoms with E-state index in [-0.39, 0.29) is 6.61 Å². The average molecular weight is 318 g/mol. The summed E-state index contributed by atoms with van der Waals surface area (Å²) in [7, 11) is -5.38. The third kappa shape index (κ3) is 4.49. The molecule has 19 heavy (non-hydrogen) atoms. The lowest BCUT2D eigenvalue weighted by molar-refractivity contribution is -0.144. The highest BCUT2D eigenvalue weighted by Gasteiger charge is 2.49. The van der Waals surface area contributed by atoms with Crippen molar-refractivity contribution in [3.63, 3.8) is 0 Å². The van der Waals surface area contributed by atoms with E-state index in [2.05, 4.69) is 0 Å². The molecule has 1 unspecified atom stereocenters. The maximum Gasteiger partial charge on any atom is 0.362 e. The SMILES string of the molecule is COP(=O)(OC)[C@@H](OS(C)(=O)=O)C1COC(C)(C)O1. The van der Waals surface area contributed by atoms with Crippen LogP contribution in [0.15, 0.2) is 0 Å². The molecule has 2 atom stereocenters. The molecular weight excluding hydrogens is 299 g/mol. The van der Waals surface area contributed by atoms with Crippen molar-refractivity contribution in [2.75, 3.05) is 27.1 Å². The second-order valence-electron chi connectivity index (χ2n) is 4.46. The van der Waals surface area contributed by atoms with E-state index in [4.69, 9.17) is 22.7 Å². The van der Waals surface area contributed by atoms with Gasteiger partial charge in [0.15, 0.2) is 5.79 Å². The van der Waals surface area contributed by atoms with Crippen molar-refractivity contribution >= 4 is 17.7 Å². The van der Waals surface area contributed by atoms with Crippen molar-refractivity contribution in [1.29, 1.82) is 0 Å². The Hall–Kier alpha value is -0.0200. The zero-order valence-corrected chi connectivity index (χ0v) is 13.2. The minimum atomic E-state index is -3.87. The number of hydrogen-bond acceptors (Lipinski definition) is 8. The second-order valence-corrected chi connectivity index (χ2v) is 8.38. The van der Waals surface area contributed by atoms with Crippen molar-refractivity contribution < 1.29 is 35.7 Å². The summed E-state index contributed by atoms with van der Waals surface area (Å²) in [6.45, 7) is 3.31. The highest BCUT2D eigenvalue weighted by atomic mass is 32.2. The van der Waals surface area contributed by atoms with E-state index in [1.54, 1.807) is 13.8 Å². The molecule has 0 bridgehead atoms. The fourth-order valence-electron chi connectivity index (χ4n) is 1.64. The van der Waals surface area contributed by atoms with E-state index >= 15 is 0 Å². The van der Waals surface area contributed by atoms with Gasteiger partial charge in [0.2, 0.25) is 5.85 Å². The third-order valence-electron chi connectivity index (χ3n) is 2.44. The molecule has 0 aliphatic carbocycles. The summed E-state index contributed by atoms with van der Waals surface area (Å²) in [6, 6.07) is 0. The van der Waals surface area contributed by atoms with Gasteiger partial charge in [0, 0.05) is 14.2 Å². The first-order valence-corrected chi connectivity index (χ1v) is 8.87. The largest absolute Gasteiger partial charge is 0.362 e. The molecule has 1 aliphatic rings. The minimum Gasteiger partial charge on any atom is -0.348 e. The summed E-state index contributed by atoms with van der Waals surface area (Å²) < 4.78 is 60.1. The molecule has 1 fully saturated rings. The predicted molar refractivity (Wildman–Crippen MR) is 66.2 cm³/mol. The predicted octanol–water partition coefficient (Wildman–Crippen LogP) is 0.926. The van der Waals surface area contributed by atoms with Crippen LogP contribution in [0.2, 0.25) is 0 Å². The van der Waals surface area contributed by atoms with Crippen LogP contribution in [-0.2, 0) is 37.4 Å². The van der Waals surface area contributed by atoms with E-state index in [0.29, 0.717) is 0 Å². The van der Waals surface area contributed by atoms with Gasteiger partial charge in [-0.3, -0.25) is 8.75 Å². The van der Waals surface area contributed by atoms with Gasteiger partial charge >= 0.3 is 7.60 Å². The van der Waals surface area contributed by atoms with Gasteiger partial charge in [-0.1, -0.05) is 0 Å². The van der Waals surface area contributed by atoms with Crippen LogP contribution < -0.4 is 0 Å². The third-order valence-corrected chi connectivity index (χ3v) is 5.22. The van der Waals surface area contributed by atoms with Crippen LogP contribution in [0.25, 0.3) is 0 Å². The molecule has 114 valence electrons. The molecule has 1 heterocycles. The topological polar surface area (TPSA) is 97.4 Å². The number of rotatable bonds is 6. The van der Waals surface area contributed by atoms with Crippen molar-refractivity contribution in [3.05, 3.63) is 0 Å². The molecule has 0 saturated carbocycles. The lowest BCUT2D eigenvalue weighted by atomic mass is 10.4. The highest BCUT2D eigenvalue weighted by Crippen LogP contribution is 2.55. The molecule has 0 aromatic rings. The highest BCUT2D eigenvalue weighted by molar-refractivity contribution is 7.86. The van der Waals surface area contributed by atoms with Crippen LogP contribution in [0.4, 0.5) is 0 Å². The smallest absolute Gasteiger partial charge is 0.348 e. The molecule has 1 saturated heterocycles. The van der Waals surface area contributed by atoms with E-state index in [1.165, 1.54) is 0 Å². The van der Waals surface area contributed by atoms with Gasteiger partial charge in [-0.15, -0.1) is 0 Å². The Morgan fingerprint density at radius 1 is 1.32 bits per heavy atom. The molecule has 8 nitrogen and oxygen atoms in total. The second kappa shape index (κ2) is 5.77. The van der Waals surface area contributed by atoms with Crippen LogP contribution in [0, 0.1) is 0 Å². The lowest BCUT2D eigenvalue weighted by Gasteiger charge is -2.27. The minimum absolute atomic E-state index is 0.0178. The molecule has 1 rings (SSSR count). The van der Waals surface area contributed by atoms with Gasteiger partial charge in [0.25, 0.3) is 10.1 Å². The van der Waals surface area contributed by atoms with Crippen molar-refractivity contribution in [3.8, 4) is 0 Å². The Bertz CT molecular complexity index is 451. The standard InChI is InChI=1S/C9H19O8PS/c1-9(2)15-6-7(16-9)8(17-19(5,11)12)18(10,13-3)14-4/h7-8H,6H2,1-5H3/t7?,8-/m1/s1. The van der Waals surface area contributed by atoms with Crippen molar-refractivity contribution in [1.82, 2.24) is 0 Å². The molecule has 0 N–H and O–H groups in total. The quantitative estimate of drug-likeness (QED) is 0.527. The fourth-order valence-corrected chi connectivity index (χ4v) is 4.13. The first kappa shape index (κ1) is 17.0. The van der Waals surface area contributed by atoms with Crippen LogP contribution in [0.5, 0.6) is 0 Å². The Balaban J connectivity index is 3.04. The Kier molecular flexibility index (Phi) is 5.17. The fraction of sp³-hybridized carbons (Fsp3) is 1.00. The molecule has 0 spiro atoms. The van der Waals surface area contributed by atoms with E-state index < -0.39 is 35.5 Å². The van der Waals surface area contributed by atoms with Crippen LogP contribution >= 0.6 is 7.60 Å². The first-order valence-electron chi connectivity index (χ1n) is 5.44. The lowest BCUT2D eigenvalue weighted by Crippen LogP contribution is -2.35. The summed E-state index contributed by atoms with van der Waals surface area (Å²) in [4.78, 5) is 0. The molecule has 1 aliphatic heterocycles. The molecule has 0 aromatic heterocycles. The zero-order chi connectivity index (χ0) is 14.9. The molecule has 10 heteroatoms. The van der Waals surface area contributed by atoms with Crippen LogP contribution in [-0.4, -0.2) is 53.2 Å². The van der Waals surface area contributed by atoms with Crippen LogP contribution in [0.1, 0.15) is 13.8 Å². The van der Waals surface area contributed by atoms with Crippen molar-refractivity contribution in [2.45, 2.75) is 31.6 Å². The van der Waals surface area contributed by atoms with Crippen molar-refractivity contribution in [2.24, 2.45) is 0 Å². The maximum absolute atomic E-state index is 12.4. The monoisotopic (exact) mass is 318 g/mol. The Morgan fingerprint density at radius 3 is 2.16 bits per heavy atom. The molecular formula is C9H19O8PS. The van der Waals surface area contributed by atoms with E-state index in [0.717, 1.165) is 20.5 Å². The van der Waals surface area contributed by atoms with E-state index in [1.807, 2.05) is 0 Å². The maximum atomic E-state index is 12.4. The normalized spacial score (nSPS) is 25.4. The summed E-state index contributed by atoms with van der Waals surface area (Å²) in [5.41, 5.74) is 0.